The van der Waals surface area contributed by atoms with Gasteiger partial charge in [0.1, 0.15) is 5.60 Å². The van der Waals surface area contributed by atoms with Gasteiger partial charge in [0.2, 0.25) is 0 Å². The molecule has 1 saturated heterocycles. The summed E-state index contributed by atoms with van der Waals surface area (Å²) in [7, 11) is 0. The smallest absolute Gasteiger partial charge is 0.410 e. The predicted molar refractivity (Wildman–Crippen MR) is 89.4 cm³/mol. The zero-order valence-corrected chi connectivity index (χ0v) is 14.4. The third-order valence-electron chi connectivity index (χ3n) is 3.77. The van der Waals surface area contributed by atoms with Gasteiger partial charge in [-0.25, -0.2) is 4.79 Å². The van der Waals surface area contributed by atoms with Crippen molar-refractivity contribution in [2.75, 3.05) is 19.6 Å². The van der Waals surface area contributed by atoms with Crippen molar-refractivity contribution in [2.45, 2.75) is 39.7 Å². The lowest BCUT2D eigenvalue weighted by atomic mass is 10.1. The van der Waals surface area contributed by atoms with Crippen molar-refractivity contribution in [3.05, 3.63) is 35.4 Å². The van der Waals surface area contributed by atoms with Crippen LogP contribution >= 0.6 is 0 Å². The Hall–Kier alpha value is -2.04. The maximum absolute atomic E-state index is 12.1. The predicted octanol–water partition coefficient (Wildman–Crippen LogP) is 2.98. The van der Waals surface area contributed by atoms with E-state index in [2.05, 4.69) is 5.32 Å². The molecule has 1 N–H and O–H groups in total. The number of hydrogen-bond donors (Lipinski definition) is 1. The second-order valence-corrected chi connectivity index (χ2v) is 7.16. The van der Waals surface area contributed by atoms with E-state index in [1.54, 1.807) is 4.90 Å². The maximum Gasteiger partial charge on any atom is 0.410 e. The number of carbonyl (C=O) groups is 2. The summed E-state index contributed by atoms with van der Waals surface area (Å²) in [6.07, 6.45) is 0.609. The Bertz CT molecular complexity index is 578. The molecule has 5 heteroatoms. The van der Waals surface area contributed by atoms with Gasteiger partial charge in [-0.05, 0) is 52.2 Å². The van der Waals surface area contributed by atoms with Crippen molar-refractivity contribution < 1.29 is 14.3 Å². The molecule has 1 aromatic carbocycles. The number of ether oxygens (including phenoxy) is 1. The van der Waals surface area contributed by atoms with E-state index in [4.69, 9.17) is 4.74 Å². The van der Waals surface area contributed by atoms with Crippen LogP contribution in [0.25, 0.3) is 0 Å². The van der Waals surface area contributed by atoms with Crippen molar-refractivity contribution in [1.82, 2.24) is 10.2 Å². The number of rotatable bonds is 3. The van der Waals surface area contributed by atoms with Gasteiger partial charge in [-0.2, -0.15) is 0 Å². The summed E-state index contributed by atoms with van der Waals surface area (Å²) < 4.78 is 5.38. The molecule has 1 aromatic rings. The minimum Gasteiger partial charge on any atom is -0.444 e. The van der Waals surface area contributed by atoms with Gasteiger partial charge in [0.15, 0.2) is 0 Å². The molecule has 1 aliphatic rings. The Kier molecular flexibility index (Phi) is 5.29. The topological polar surface area (TPSA) is 58.6 Å². The molecule has 0 unspecified atom stereocenters. The number of likely N-dealkylation sites (tertiary alicyclic amines) is 1. The highest BCUT2D eigenvalue weighted by Crippen LogP contribution is 2.19. The lowest BCUT2D eigenvalue weighted by Gasteiger charge is -2.24. The van der Waals surface area contributed by atoms with E-state index in [0.717, 1.165) is 12.0 Å². The van der Waals surface area contributed by atoms with E-state index < -0.39 is 5.60 Å². The van der Waals surface area contributed by atoms with Gasteiger partial charge in [0.25, 0.3) is 5.91 Å². The molecule has 1 fully saturated rings. The average molecular weight is 318 g/mol. The van der Waals surface area contributed by atoms with Crippen LogP contribution in [0.5, 0.6) is 0 Å². The number of aryl methyl sites for hydroxylation is 1. The fraction of sp³-hybridized carbons (Fsp3) is 0.556. The standard InChI is InChI=1S/C18H26N2O3/c1-13-6-5-7-15(10-13)16(21)19-11-14-8-9-20(12-14)17(22)23-18(2,3)4/h5-7,10,14H,8-9,11-12H2,1-4H3,(H,19,21)/t14-/m0/s1. The van der Waals surface area contributed by atoms with E-state index >= 15 is 0 Å². The van der Waals surface area contributed by atoms with Gasteiger partial charge in [0.05, 0.1) is 0 Å². The second-order valence-electron chi connectivity index (χ2n) is 7.16. The number of hydrogen-bond acceptors (Lipinski definition) is 3. The number of amides is 2. The molecule has 2 rings (SSSR count). The normalized spacial score (nSPS) is 17.9. The largest absolute Gasteiger partial charge is 0.444 e. The third-order valence-corrected chi connectivity index (χ3v) is 3.77. The van der Waals surface area contributed by atoms with E-state index in [0.29, 0.717) is 25.2 Å². The number of carbonyl (C=O) groups excluding carboxylic acids is 2. The summed E-state index contributed by atoms with van der Waals surface area (Å²) in [5.41, 5.74) is 1.26. The summed E-state index contributed by atoms with van der Waals surface area (Å²) in [4.78, 5) is 25.9. The van der Waals surface area contributed by atoms with Crippen LogP contribution in [0.15, 0.2) is 24.3 Å². The minimum atomic E-state index is -0.478. The maximum atomic E-state index is 12.1. The first kappa shape index (κ1) is 17.3. The van der Waals surface area contributed by atoms with Gasteiger partial charge < -0.3 is 15.0 Å². The Morgan fingerprint density at radius 2 is 2.09 bits per heavy atom. The van der Waals surface area contributed by atoms with Crippen molar-refractivity contribution in [2.24, 2.45) is 5.92 Å². The quantitative estimate of drug-likeness (QED) is 0.932. The molecule has 126 valence electrons. The highest BCUT2D eigenvalue weighted by Gasteiger charge is 2.29. The number of nitrogens with zero attached hydrogens (tertiary/aromatic N) is 1. The van der Waals surface area contributed by atoms with Gasteiger partial charge in [0, 0.05) is 25.2 Å². The van der Waals surface area contributed by atoms with Crippen molar-refractivity contribution in [1.29, 1.82) is 0 Å². The van der Waals surface area contributed by atoms with Crippen LogP contribution in [0, 0.1) is 12.8 Å². The Balaban J connectivity index is 1.80. The van der Waals surface area contributed by atoms with Crippen LogP contribution in [-0.2, 0) is 4.74 Å². The molecule has 0 aromatic heterocycles. The van der Waals surface area contributed by atoms with Crippen LogP contribution in [0.2, 0.25) is 0 Å². The van der Waals surface area contributed by atoms with Gasteiger partial charge in [-0.3, -0.25) is 4.79 Å². The van der Waals surface area contributed by atoms with Gasteiger partial charge >= 0.3 is 6.09 Å². The first-order valence-corrected chi connectivity index (χ1v) is 8.07. The molecule has 2 amide bonds. The highest BCUT2D eigenvalue weighted by atomic mass is 16.6. The molecule has 1 heterocycles. The van der Waals surface area contributed by atoms with Crippen molar-refractivity contribution in [3.8, 4) is 0 Å². The monoisotopic (exact) mass is 318 g/mol. The molecule has 1 atom stereocenters. The van der Waals surface area contributed by atoms with Crippen molar-refractivity contribution in [3.63, 3.8) is 0 Å². The highest BCUT2D eigenvalue weighted by molar-refractivity contribution is 5.94. The summed E-state index contributed by atoms with van der Waals surface area (Å²) in [6.45, 7) is 9.43. The van der Waals surface area contributed by atoms with Crippen molar-refractivity contribution >= 4 is 12.0 Å². The van der Waals surface area contributed by atoms with E-state index in [1.165, 1.54) is 0 Å². The second kappa shape index (κ2) is 7.02. The molecule has 0 aliphatic carbocycles. The lowest BCUT2D eigenvalue weighted by molar-refractivity contribution is 0.0288. The van der Waals surface area contributed by atoms with Crippen LogP contribution in [0.4, 0.5) is 4.79 Å². The molecule has 23 heavy (non-hydrogen) atoms. The van der Waals surface area contributed by atoms with E-state index in [9.17, 15) is 9.59 Å². The fourth-order valence-corrected chi connectivity index (χ4v) is 2.62. The molecule has 0 radical (unpaired) electrons. The SMILES string of the molecule is Cc1cccc(C(=O)NC[C@@H]2CCN(C(=O)OC(C)(C)C)C2)c1. The van der Waals surface area contributed by atoms with E-state index in [-0.39, 0.29) is 17.9 Å². The first-order chi connectivity index (χ1) is 10.7. The van der Waals surface area contributed by atoms with Gasteiger partial charge in [-0.1, -0.05) is 17.7 Å². The molecule has 1 aliphatic heterocycles. The third kappa shape index (κ3) is 5.27. The molecule has 0 bridgehead atoms. The van der Waals surface area contributed by atoms with Crippen LogP contribution in [0.3, 0.4) is 0 Å². The van der Waals surface area contributed by atoms with E-state index in [1.807, 2.05) is 52.0 Å². The van der Waals surface area contributed by atoms with Crippen LogP contribution in [-0.4, -0.2) is 42.1 Å². The Morgan fingerprint density at radius 1 is 1.35 bits per heavy atom. The lowest BCUT2D eigenvalue weighted by Crippen LogP contribution is -2.36. The summed E-state index contributed by atoms with van der Waals surface area (Å²) in [5, 5.41) is 2.96. The number of benzene rings is 1. The molecular weight excluding hydrogens is 292 g/mol. The first-order valence-electron chi connectivity index (χ1n) is 8.07. The van der Waals surface area contributed by atoms with Gasteiger partial charge in [-0.15, -0.1) is 0 Å². The summed E-state index contributed by atoms with van der Waals surface area (Å²) in [6, 6.07) is 7.53. The molecular formula is C18H26N2O3. The Morgan fingerprint density at radius 3 is 2.74 bits per heavy atom. The average Bonchev–Trinajstić information content (AvgIpc) is 2.92. The minimum absolute atomic E-state index is 0.0654. The zero-order chi connectivity index (χ0) is 17.0. The zero-order valence-electron chi connectivity index (χ0n) is 14.4. The Labute approximate surface area is 138 Å². The van der Waals surface area contributed by atoms with Crippen LogP contribution < -0.4 is 5.32 Å². The summed E-state index contributed by atoms with van der Waals surface area (Å²) >= 11 is 0. The molecule has 0 spiro atoms. The summed E-state index contributed by atoms with van der Waals surface area (Å²) in [5.74, 6) is 0.209. The molecule has 5 nitrogen and oxygen atoms in total. The number of nitrogens with one attached hydrogen (secondary N) is 1. The molecule has 0 saturated carbocycles. The van der Waals surface area contributed by atoms with Crippen LogP contribution in [0.1, 0.15) is 43.1 Å². The fourth-order valence-electron chi connectivity index (χ4n) is 2.62.